The van der Waals surface area contributed by atoms with Crippen molar-refractivity contribution < 1.29 is 17.9 Å². The quantitative estimate of drug-likeness (QED) is 0.490. The second-order valence-electron chi connectivity index (χ2n) is 7.40. The van der Waals surface area contributed by atoms with Crippen molar-refractivity contribution in [3.63, 3.8) is 0 Å². The smallest absolute Gasteiger partial charge is 0.252 e. The van der Waals surface area contributed by atoms with E-state index in [9.17, 15) is 13.2 Å². The molecule has 0 spiro atoms. The number of carbonyl (C=O) groups is 1. The number of aryl methyl sites for hydroxylation is 1. The van der Waals surface area contributed by atoms with Crippen molar-refractivity contribution in [3.8, 4) is 5.75 Å². The predicted molar refractivity (Wildman–Crippen MR) is 128 cm³/mol. The topological polar surface area (TPSA) is 81.0 Å². The molecule has 0 bridgehead atoms. The van der Waals surface area contributed by atoms with Crippen LogP contribution >= 0.6 is 34.3 Å². The molecule has 1 atom stereocenters. The number of ether oxygens (including phenoxy) is 1. The highest BCUT2D eigenvalue weighted by atomic mass is 35.5. The number of thiazole rings is 1. The molecule has 7 nitrogen and oxygen atoms in total. The van der Waals surface area contributed by atoms with Crippen molar-refractivity contribution in [3.05, 3.63) is 39.5 Å². The summed E-state index contributed by atoms with van der Waals surface area (Å²) >= 11 is 8.39. The van der Waals surface area contributed by atoms with Gasteiger partial charge in [0.1, 0.15) is 9.96 Å². The first-order valence-corrected chi connectivity index (χ1v) is 13.9. The number of nitrogens with zero attached hydrogens (tertiary/aromatic N) is 3. The molecule has 11 heteroatoms. The van der Waals surface area contributed by atoms with Gasteiger partial charge in [-0.1, -0.05) is 22.9 Å². The number of halogens is 1. The third kappa shape index (κ3) is 4.65. The Labute approximate surface area is 200 Å². The van der Waals surface area contributed by atoms with Gasteiger partial charge in [0, 0.05) is 19.6 Å². The maximum Gasteiger partial charge on any atom is 0.252 e. The molecule has 32 heavy (non-hydrogen) atoms. The molecule has 0 saturated carbocycles. The minimum atomic E-state index is -3.67. The standard InChI is InChI=1S/C21H24ClN3O4S3/c1-3-25-16-8-7-15(29-4-2)12-17(16)30-21(25)23-20(26)14-6-5-11-24(13-14)32(27,28)19-10-9-18(22)31-19/h7-10,12,14H,3-6,11,13H2,1-2H3. The summed E-state index contributed by atoms with van der Waals surface area (Å²) in [7, 11) is -3.67. The Bertz CT molecular complexity index is 1310. The van der Waals surface area contributed by atoms with Gasteiger partial charge in [-0.05, 0) is 57.0 Å². The summed E-state index contributed by atoms with van der Waals surface area (Å²) < 4.78 is 36.5. The summed E-state index contributed by atoms with van der Waals surface area (Å²) in [5.41, 5.74) is 0.995. The fourth-order valence-electron chi connectivity index (χ4n) is 3.81. The Kier molecular flexibility index (Phi) is 7.06. The minimum Gasteiger partial charge on any atom is -0.494 e. The van der Waals surface area contributed by atoms with E-state index in [1.165, 1.54) is 21.7 Å². The lowest BCUT2D eigenvalue weighted by molar-refractivity contribution is -0.122. The summed E-state index contributed by atoms with van der Waals surface area (Å²) in [4.78, 5) is 18.1. The summed E-state index contributed by atoms with van der Waals surface area (Å²) in [6.45, 7) is 5.72. The van der Waals surface area contributed by atoms with E-state index < -0.39 is 15.9 Å². The van der Waals surface area contributed by atoms with Crippen LogP contribution in [0, 0.1) is 5.92 Å². The fourth-order valence-corrected chi connectivity index (χ4v) is 8.10. The average Bonchev–Trinajstić information content (AvgIpc) is 3.37. The van der Waals surface area contributed by atoms with E-state index in [0.717, 1.165) is 27.3 Å². The molecule has 1 amide bonds. The van der Waals surface area contributed by atoms with Crippen molar-refractivity contribution in [1.29, 1.82) is 0 Å². The largest absolute Gasteiger partial charge is 0.494 e. The zero-order chi connectivity index (χ0) is 22.9. The summed E-state index contributed by atoms with van der Waals surface area (Å²) in [5, 5.41) is 0. The monoisotopic (exact) mass is 513 g/mol. The van der Waals surface area contributed by atoms with Gasteiger partial charge in [-0.15, -0.1) is 11.3 Å². The van der Waals surface area contributed by atoms with Gasteiger partial charge in [-0.25, -0.2) is 8.42 Å². The first-order valence-electron chi connectivity index (χ1n) is 10.4. The molecule has 0 radical (unpaired) electrons. The maximum absolute atomic E-state index is 13.1. The molecule has 1 saturated heterocycles. The highest BCUT2D eigenvalue weighted by Crippen LogP contribution is 2.31. The lowest BCUT2D eigenvalue weighted by atomic mass is 9.99. The molecule has 1 fully saturated rings. The molecule has 3 aromatic rings. The van der Waals surface area contributed by atoms with Gasteiger partial charge < -0.3 is 9.30 Å². The Morgan fingerprint density at radius 3 is 2.75 bits per heavy atom. The van der Waals surface area contributed by atoms with Crippen LogP contribution in [0.15, 0.2) is 39.5 Å². The average molecular weight is 514 g/mol. The Morgan fingerprint density at radius 1 is 1.25 bits per heavy atom. The summed E-state index contributed by atoms with van der Waals surface area (Å²) in [5.74, 6) is 0.0283. The summed E-state index contributed by atoms with van der Waals surface area (Å²) in [6, 6.07) is 8.93. The van der Waals surface area contributed by atoms with E-state index in [0.29, 0.717) is 41.7 Å². The number of piperidine rings is 1. The molecular weight excluding hydrogens is 490 g/mol. The van der Waals surface area contributed by atoms with Crippen molar-refractivity contribution in [2.75, 3.05) is 19.7 Å². The number of hydrogen-bond donors (Lipinski definition) is 0. The maximum atomic E-state index is 13.1. The Hall–Kier alpha value is -1.72. The molecule has 1 aromatic carbocycles. The second-order valence-corrected chi connectivity index (χ2v) is 12.3. The molecular formula is C21H24ClN3O4S3. The zero-order valence-electron chi connectivity index (χ0n) is 17.8. The van der Waals surface area contributed by atoms with Crippen LogP contribution in [0.25, 0.3) is 10.2 Å². The number of aromatic nitrogens is 1. The third-order valence-corrected chi connectivity index (χ3v) is 9.97. The minimum absolute atomic E-state index is 0.131. The lowest BCUT2D eigenvalue weighted by Crippen LogP contribution is -2.42. The van der Waals surface area contributed by atoms with E-state index in [1.54, 1.807) is 6.07 Å². The van der Waals surface area contributed by atoms with Gasteiger partial charge >= 0.3 is 0 Å². The van der Waals surface area contributed by atoms with Crippen LogP contribution in [-0.4, -0.2) is 42.9 Å². The van der Waals surface area contributed by atoms with Crippen LogP contribution in [0.5, 0.6) is 5.75 Å². The van der Waals surface area contributed by atoms with Crippen LogP contribution < -0.4 is 9.54 Å². The second kappa shape index (κ2) is 9.64. The number of hydrogen-bond acceptors (Lipinski definition) is 6. The molecule has 1 unspecified atom stereocenters. The lowest BCUT2D eigenvalue weighted by Gasteiger charge is -2.29. The number of thiophene rings is 1. The van der Waals surface area contributed by atoms with E-state index >= 15 is 0 Å². The van der Waals surface area contributed by atoms with Crippen molar-refractivity contribution in [2.24, 2.45) is 10.9 Å². The Balaban J connectivity index is 1.61. The summed E-state index contributed by atoms with van der Waals surface area (Å²) in [6.07, 6.45) is 1.23. The normalized spacial score (nSPS) is 18.3. The Morgan fingerprint density at radius 2 is 2.06 bits per heavy atom. The van der Waals surface area contributed by atoms with Gasteiger partial charge in [0.2, 0.25) is 0 Å². The molecule has 1 aliphatic heterocycles. The molecule has 4 rings (SSSR count). The van der Waals surface area contributed by atoms with Crippen LogP contribution in [0.4, 0.5) is 0 Å². The highest BCUT2D eigenvalue weighted by Gasteiger charge is 2.34. The number of fused-ring (bicyclic) bond motifs is 1. The first-order chi connectivity index (χ1) is 15.3. The van der Waals surface area contributed by atoms with Crippen LogP contribution in [0.2, 0.25) is 4.34 Å². The van der Waals surface area contributed by atoms with Gasteiger partial charge in [0.25, 0.3) is 15.9 Å². The number of rotatable bonds is 6. The van der Waals surface area contributed by atoms with Gasteiger partial charge in [0.15, 0.2) is 4.80 Å². The molecule has 172 valence electrons. The van der Waals surface area contributed by atoms with Crippen LogP contribution in [-0.2, 0) is 21.4 Å². The van der Waals surface area contributed by atoms with Gasteiger partial charge in [-0.2, -0.15) is 9.30 Å². The molecule has 0 aliphatic carbocycles. The number of amides is 1. The van der Waals surface area contributed by atoms with Crippen molar-refractivity contribution in [1.82, 2.24) is 8.87 Å². The van der Waals surface area contributed by atoms with Crippen LogP contribution in [0.3, 0.4) is 0 Å². The van der Waals surface area contributed by atoms with Crippen LogP contribution in [0.1, 0.15) is 26.7 Å². The van der Waals surface area contributed by atoms with Gasteiger partial charge in [-0.3, -0.25) is 4.79 Å². The van der Waals surface area contributed by atoms with E-state index in [4.69, 9.17) is 16.3 Å². The first kappa shape index (κ1) is 23.4. The van der Waals surface area contributed by atoms with Crippen molar-refractivity contribution >= 4 is 60.4 Å². The van der Waals surface area contributed by atoms with E-state index in [2.05, 4.69) is 4.99 Å². The van der Waals surface area contributed by atoms with E-state index in [-0.39, 0.29) is 16.7 Å². The molecule has 3 heterocycles. The van der Waals surface area contributed by atoms with Gasteiger partial charge in [0.05, 0.1) is 27.1 Å². The van der Waals surface area contributed by atoms with Crippen molar-refractivity contribution in [2.45, 2.75) is 37.4 Å². The highest BCUT2D eigenvalue weighted by molar-refractivity contribution is 7.91. The predicted octanol–water partition coefficient (Wildman–Crippen LogP) is 4.36. The molecule has 2 aromatic heterocycles. The number of benzene rings is 1. The fraction of sp³-hybridized carbons (Fsp3) is 0.429. The number of sulfonamides is 1. The third-order valence-electron chi connectivity index (χ3n) is 5.36. The molecule has 0 N–H and O–H groups in total. The molecule has 1 aliphatic rings. The van der Waals surface area contributed by atoms with E-state index in [1.807, 2.05) is 36.6 Å². The number of carbonyl (C=O) groups excluding carboxylic acids is 1. The zero-order valence-corrected chi connectivity index (χ0v) is 21.0. The SMILES string of the molecule is CCOc1ccc2c(c1)sc(=NC(=O)C1CCCN(S(=O)(=O)c3ccc(Cl)s3)C1)n2CC.